The van der Waals surface area contributed by atoms with Gasteiger partial charge in [-0.1, -0.05) is 11.3 Å². The maximum absolute atomic E-state index is 12.3. The molecule has 2 heterocycles. The van der Waals surface area contributed by atoms with Crippen molar-refractivity contribution in [3.05, 3.63) is 10.9 Å². The Morgan fingerprint density at radius 3 is 2.59 bits per heavy atom. The number of hydrogen-bond acceptors (Lipinski definition) is 7. The molecular formula is C14H16N4O2S2. The maximum Gasteiger partial charge on any atom is 0.245 e. The Balaban J connectivity index is 2.31. The quantitative estimate of drug-likeness (QED) is 0.646. The van der Waals surface area contributed by atoms with Gasteiger partial charge < -0.3 is 10.2 Å². The van der Waals surface area contributed by atoms with Crippen molar-refractivity contribution in [2.45, 2.75) is 13.8 Å². The molecule has 2 aromatic heterocycles. The van der Waals surface area contributed by atoms with Gasteiger partial charge in [0, 0.05) is 20.1 Å². The molecule has 2 rings (SSSR count). The molecule has 0 aliphatic carbocycles. The van der Waals surface area contributed by atoms with Crippen molar-refractivity contribution >= 4 is 49.0 Å². The summed E-state index contributed by atoms with van der Waals surface area (Å²) in [4.78, 5) is 31.7. The first kappa shape index (κ1) is 16.4. The molecule has 8 heteroatoms. The summed E-state index contributed by atoms with van der Waals surface area (Å²) in [6.07, 6.45) is 0. The molecule has 0 spiro atoms. The zero-order valence-electron chi connectivity index (χ0n) is 12.5. The molecule has 0 saturated carbocycles. The number of ketones is 1. The van der Waals surface area contributed by atoms with Crippen LogP contribution >= 0.6 is 22.7 Å². The van der Waals surface area contributed by atoms with Crippen molar-refractivity contribution in [3.8, 4) is 6.07 Å². The lowest BCUT2D eigenvalue weighted by molar-refractivity contribution is -0.121. The van der Waals surface area contributed by atoms with Gasteiger partial charge in [0.25, 0.3) is 0 Å². The number of amides is 1. The number of nitrogens with zero attached hydrogens (tertiary/aromatic N) is 3. The molecule has 22 heavy (non-hydrogen) atoms. The van der Waals surface area contributed by atoms with E-state index < -0.39 is 17.6 Å². The highest BCUT2D eigenvalue weighted by Crippen LogP contribution is 2.35. The van der Waals surface area contributed by atoms with Crippen LogP contribution in [0.5, 0.6) is 0 Å². The predicted molar refractivity (Wildman–Crippen MR) is 88.6 cm³/mol. The summed E-state index contributed by atoms with van der Waals surface area (Å²) in [5, 5.41) is 12.3. The lowest BCUT2D eigenvalue weighted by Gasteiger charge is -2.16. The zero-order valence-corrected chi connectivity index (χ0v) is 14.2. The van der Waals surface area contributed by atoms with Crippen molar-refractivity contribution in [2.24, 2.45) is 5.92 Å². The number of hydrogen-bond donors (Lipinski definition) is 1. The van der Waals surface area contributed by atoms with Gasteiger partial charge in [-0.05, 0) is 19.9 Å². The molecule has 0 saturated heterocycles. The van der Waals surface area contributed by atoms with Gasteiger partial charge in [0.1, 0.15) is 4.83 Å². The smallest absolute Gasteiger partial charge is 0.245 e. The molecule has 1 amide bonds. The minimum Gasteiger partial charge on any atom is -0.358 e. The second-order valence-electron chi connectivity index (χ2n) is 4.49. The number of rotatable bonds is 6. The number of fused-ring (bicyclic) bond motifs is 1. The standard InChI is InChI=1S/C14H16N4O2S2/c1-4-18(5-2)14-17-13-10(22-14)6-9(21-13)11(19)8(7-15)12(20)16-3/h6,8H,4-5H2,1-3H3,(H,16,20). The number of carbonyl (C=O) groups is 2. The number of anilines is 1. The van der Waals surface area contributed by atoms with Crippen molar-refractivity contribution in [1.82, 2.24) is 10.3 Å². The van der Waals surface area contributed by atoms with Crippen molar-refractivity contribution in [3.63, 3.8) is 0 Å². The van der Waals surface area contributed by atoms with Crippen LogP contribution in [0.1, 0.15) is 23.5 Å². The normalized spacial score (nSPS) is 11.9. The first-order valence-electron chi connectivity index (χ1n) is 6.86. The van der Waals surface area contributed by atoms with Gasteiger partial charge in [0.2, 0.25) is 5.91 Å². The summed E-state index contributed by atoms with van der Waals surface area (Å²) >= 11 is 2.74. The number of thiazole rings is 1. The molecule has 1 unspecified atom stereocenters. The van der Waals surface area contributed by atoms with Gasteiger partial charge in [-0.3, -0.25) is 9.59 Å². The van der Waals surface area contributed by atoms with E-state index in [0.717, 1.165) is 27.8 Å². The fourth-order valence-corrected chi connectivity index (χ4v) is 4.31. The third-order valence-electron chi connectivity index (χ3n) is 3.25. The Bertz CT molecular complexity index is 708. The lowest BCUT2D eigenvalue weighted by atomic mass is 10.0. The van der Waals surface area contributed by atoms with Gasteiger partial charge in [0.05, 0.1) is 15.6 Å². The molecular weight excluding hydrogens is 320 g/mol. The van der Waals surface area contributed by atoms with E-state index >= 15 is 0 Å². The van der Waals surface area contributed by atoms with Crippen LogP contribution < -0.4 is 10.2 Å². The summed E-state index contributed by atoms with van der Waals surface area (Å²) in [5.74, 6) is -2.36. The second kappa shape index (κ2) is 6.85. The van der Waals surface area contributed by atoms with Crippen molar-refractivity contribution in [2.75, 3.05) is 25.0 Å². The van der Waals surface area contributed by atoms with E-state index in [-0.39, 0.29) is 0 Å². The van der Waals surface area contributed by atoms with Gasteiger partial charge >= 0.3 is 0 Å². The highest BCUT2D eigenvalue weighted by molar-refractivity contribution is 7.29. The molecule has 0 fully saturated rings. The topological polar surface area (TPSA) is 86.1 Å². The lowest BCUT2D eigenvalue weighted by Crippen LogP contribution is -2.31. The van der Waals surface area contributed by atoms with E-state index in [0.29, 0.717) is 4.88 Å². The van der Waals surface area contributed by atoms with E-state index in [1.807, 2.05) is 0 Å². The molecule has 0 aromatic carbocycles. The summed E-state index contributed by atoms with van der Waals surface area (Å²) in [7, 11) is 1.41. The summed E-state index contributed by atoms with van der Waals surface area (Å²) in [6, 6.07) is 3.48. The van der Waals surface area contributed by atoms with Gasteiger partial charge in [0.15, 0.2) is 16.8 Å². The summed E-state index contributed by atoms with van der Waals surface area (Å²) in [6.45, 7) is 5.87. The fourth-order valence-electron chi connectivity index (χ4n) is 2.00. The minimum absolute atomic E-state index is 0.398. The summed E-state index contributed by atoms with van der Waals surface area (Å²) < 4.78 is 0.906. The number of thiophene rings is 1. The Kier molecular flexibility index (Phi) is 5.11. The average Bonchev–Trinajstić information content (AvgIpc) is 3.07. The predicted octanol–water partition coefficient (Wildman–Crippen LogP) is 2.27. The third kappa shape index (κ3) is 2.96. The highest BCUT2D eigenvalue weighted by Gasteiger charge is 2.28. The van der Waals surface area contributed by atoms with Crippen LogP contribution in [0.3, 0.4) is 0 Å². The number of carbonyl (C=O) groups excluding carboxylic acids is 2. The van der Waals surface area contributed by atoms with E-state index in [9.17, 15) is 9.59 Å². The molecule has 0 radical (unpaired) electrons. The third-order valence-corrected chi connectivity index (χ3v) is 5.49. The molecule has 6 nitrogen and oxygen atoms in total. The fraction of sp³-hybridized carbons (Fsp3) is 0.429. The van der Waals surface area contributed by atoms with Gasteiger partial charge in [-0.2, -0.15) is 5.26 Å². The van der Waals surface area contributed by atoms with Crippen molar-refractivity contribution in [1.29, 1.82) is 5.26 Å². The first-order valence-corrected chi connectivity index (χ1v) is 8.49. The number of nitrogens with one attached hydrogen (secondary N) is 1. The van der Waals surface area contributed by atoms with Crippen LogP contribution in [0, 0.1) is 17.2 Å². The van der Waals surface area contributed by atoms with Crippen LogP contribution in [0.2, 0.25) is 0 Å². The maximum atomic E-state index is 12.3. The van der Waals surface area contributed by atoms with Gasteiger partial charge in [-0.15, -0.1) is 11.3 Å². The monoisotopic (exact) mass is 336 g/mol. The first-order chi connectivity index (χ1) is 10.5. The van der Waals surface area contributed by atoms with E-state index in [4.69, 9.17) is 5.26 Å². The van der Waals surface area contributed by atoms with Crippen LogP contribution in [-0.2, 0) is 4.79 Å². The Labute approximate surface area is 136 Å². The second-order valence-corrected chi connectivity index (χ2v) is 6.53. The highest BCUT2D eigenvalue weighted by atomic mass is 32.1. The summed E-state index contributed by atoms with van der Waals surface area (Å²) in [5.41, 5.74) is 0. The minimum atomic E-state index is -1.31. The average molecular weight is 336 g/mol. The number of Topliss-reactive ketones (excluding diaryl/α,β-unsaturated/α-hetero) is 1. The van der Waals surface area contributed by atoms with E-state index in [1.165, 1.54) is 29.7 Å². The molecule has 116 valence electrons. The molecule has 1 N–H and O–H groups in total. The van der Waals surface area contributed by atoms with E-state index in [2.05, 4.69) is 29.0 Å². The van der Waals surface area contributed by atoms with E-state index in [1.54, 1.807) is 12.1 Å². The molecule has 0 aliphatic rings. The molecule has 2 aromatic rings. The van der Waals surface area contributed by atoms with Crippen LogP contribution in [0.15, 0.2) is 6.07 Å². The Morgan fingerprint density at radius 2 is 2.09 bits per heavy atom. The van der Waals surface area contributed by atoms with Crippen LogP contribution in [0.25, 0.3) is 9.53 Å². The Morgan fingerprint density at radius 1 is 1.41 bits per heavy atom. The van der Waals surface area contributed by atoms with Crippen molar-refractivity contribution < 1.29 is 9.59 Å². The molecule has 0 bridgehead atoms. The number of aromatic nitrogens is 1. The van der Waals surface area contributed by atoms with Gasteiger partial charge in [-0.25, -0.2) is 4.98 Å². The molecule has 0 aliphatic heterocycles. The largest absolute Gasteiger partial charge is 0.358 e. The molecule has 1 atom stereocenters. The van der Waals surface area contributed by atoms with Crippen LogP contribution in [0.4, 0.5) is 5.13 Å². The Hall–Kier alpha value is -1.98. The zero-order chi connectivity index (χ0) is 16.3. The van der Waals surface area contributed by atoms with Crippen LogP contribution in [-0.4, -0.2) is 36.8 Å². The SMILES string of the molecule is CCN(CC)c1nc2sc(C(=O)C(C#N)C(=O)NC)cc2s1. The number of nitriles is 1.